The monoisotopic (exact) mass is 300 g/mol. The molecule has 0 radical (unpaired) electrons. The quantitative estimate of drug-likeness (QED) is 0.478. The van der Waals surface area contributed by atoms with Crippen molar-refractivity contribution in [3.8, 4) is 17.5 Å². The Morgan fingerprint density at radius 3 is 2.82 bits per heavy atom. The smallest absolute Gasteiger partial charge is 0.303 e. The van der Waals surface area contributed by atoms with Gasteiger partial charge in [-0.15, -0.1) is 0 Å². The number of benzene rings is 1. The van der Waals surface area contributed by atoms with Crippen LogP contribution in [0, 0.1) is 21.4 Å². The number of nitriles is 1. The topological polar surface area (TPSA) is 124 Å². The molecule has 1 aromatic heterocycles. The van der Waals surface area contributed by atoms with Gasteiger partial charge in [0.2, 0.25) is 5.82 Å². The van der Waals surface area contributed by atoms with Crippen molar-refractivity contribution in [1.29, 1.82) is 5.26 Å². The van der Waals surface area contributed by atoms with Gasteiger partial charge in [-0.1, -0.05) is 17.3 Å². The third kappa shape index (κ3) is 2.45. The fourth-order valence-corrected chi connectivity index (χ4v) is 1.84. The third-order valence-electron chi connectivity index (χ3n) is 2.82. The van der Waals surface area contributed by atoms with Crippen molar-refractivity contribution < 1.29 is 18.9 Å². The van der Waals surface area contributed by atoms with Crippen LogP contribution < -0.4 is 0 Å². The van der Waals surface area contributed by atoms with Gasteiger partial charge in [0.25, 0.3) is 11.6 Å². The molecule has 0 saturated carbocycles. The second-order valence-electron chi connectivity index (χ2n) is 4.20. The standard InChI is InChI=1S/C13H8N4O5/c14-7-10(13-20-4-5-21-13)12-15-11(16-22-12)8-2-1-3-9(6-8)17(18)19/h1-3,6H,4-5H2. The maximum atomic E-state index is 10.8. The summed E-state index contributed by atoms with van der Waals surface area (Å²) >= 11 is 0. The third-order valence-corrected chi connectivity index (χ3v) is 2.82. The van der Waals surface area contributed by atoms with Gasteiger partial charge in [0.05, 0.1) is 4.92 Å². The first-order valence-corrected chi connectivity index (χ1v) is 6.18. The van der Waals surface area contributed by atoms with E-state index >= 15 is 0 Å². The minimum absolute atomic E-state index is 0.0123. The molecule has 2 aromatic rings. The fraction of sp³-hybridized carbons (Fsp3) is 0.154. The molecule has 0 N–H and O–H groups in total. The van der Waals surface area contributed by atoms with Gasteiger partial charge in [-0.3, -0.25) is 10.1 Å². The van der Waals surface area contributed by atoms with Gasteiger partial charge in [0.1, 0.15) is 19.3 Å². The van der Waals surface area contributed by atoms with Crippen LogP contribution in [0.3, 0.4) is 0 Å². The van der Waals surface area contributed by atoms with Gasteiger partial charge in [-0.05, 0) is 0 Å². The highest BCUT2D eigenvalue weighted by molar-refractivity contribution is 5.73. The normalized spacial score (nSPS) is 13.1. The van der Waals surface area contributed by atoms with Crippen LogP contribution in [0.2, 0.25) is 0 Å². The number of hydrogen-bond acceptors (Lipinski definition) is 8. The first-order valence-electron chi connectivity index (χ1n) is 6.18. The molecule has 110 valence electrons. The summed E-state index contributed by atoms with van der Waals surface area (Å²) in [6.45, 7) is 0.679. The zero-order valence-electron chi connectivity index (χ0n) is 11.1. The lowest BCUT2D eigenvalue weighted by atomic mass is 10.2. The Balaban J connectivity index is 1.97. The van der Waals surface area contributed by atoms with E-state index in [0.29, 0.717) is 18.8 Å². The number of ether oxygens (including phenoxy) is 2. The maximum Gasteiger partial charge on any atom is 0.303 e. The van der Waals surface area contributed by atoms with Crippen molar-refractivity contribution in [1.82, 2.24) is 10.1 Å². The van der Waals surface area contributed by atoms with Crippen LogP contribution in [-0.4, -0.2) is 28.3 Å². The Morgan fingerprint density at radius 2 is 2.14 bits per heavy atom. The Hall–Kier alpha value is -3.41. The zero-order chi connectivity index (χ0) is 15.5. The van der Waals surface area contributed by atoms with Crippen LogP contribution in [-0.2, 0) is 9.47 Å². The highest BCUT2D eigenvalue weighted by atomic mass is 16.7. The predicted molar refractivity (Wildman–Crippen MR) is 70.8 cm³/mol. The summed E-state index contributed by atoms with van der Waals surface area (Å²) < 4.78 is 15.3. The number of nitro groups is 1. The van der Waals surface area contributed by atoms with Crippen LogP contribution in [0.1, 0.15) is 5.89 Å². The van der Waals surface area contributed by atoms with Gasteiger partial charge in [0, 0.05) is 17.7 Å². The fourth-order valence-electron chi connectivity index (χ4n) is 1.84. The molecule has 22 heavy (non-hydrogen) atoms. The van der Waals surface area contributed by atoms with E-state index in [1.807, 2.05) is 6.07 Å². The molecule has 1 aliphatic rings. The zero-order valence-corrected chi connectivity index (χ0v) is 11.1. The SMILES string of the molecule is N#CC(=C1OCCO1)c1nc(-c2cccc([N+](=O)[O-])c2)no1. The van der Waals surface area contributed by atoms with Crippen LogP contribution >= 0.6 is 0 Å². The summed E-state index contributed by atoms with van der Waals surface area (Å²) in [6.07, 6.45) is 0. The molecular weight excluding hydrogens is 292 g/mol. The number of allylic oxidation sites excluding steroid dienone is 1. The minimum atomic E-state index is -0.520. The molecule has 0 unspecified atom stereocenters. The van der Waals surface area contributed by atoms with Gasteiger partial charge < -0.3 is 14.0 Å². The van der Waals surface area contributed by atoms with E-state index in [2.05, 4.69) is 10.1 Å². The van der Waals surface area contributed by atoms with E-state index in [4.69, 9.17) is 19.3 Å². The van der Waals surface area contributed by atoms with Crippen molar-refractivity contribution in [3.63, 3.8) is 0 Å². The molecule has 1 fully saturated rings. The largest absolute Gasteiger partial charge is 0.461 e. The summed E-state index contributed by atoms with van der Waals surface area (Å²) in [4.78, 5) is 14.3. The molecule has 0 amide bonds. The number of nitro benzene ring substituents is 1. The molecule has 0 spiro atoms. The van der Waals surface area contributed by atoms with Gasteiger partial charge in [0.15, 0.2) is 5.57 Å². The molecule has 9 heteroatoms. The Bertz CT molecular complexity index is 797. The number of non-ortho nitro benzene ring substituents is 1. The van der Waals surface area contributed by atoms with E-state index in [0.717, 1.165) is 0 Å². The Kier molecular flexibility index (Phi) is 3.41. The van der Waals surface area contributed by atoms with E-state index in [1.54, 1.807) is 6.07 Å². The van der Waals surface area contributed by atoms with Gasteiger partial charge >= 0.3 is 5.95 Å². The molecule has 1 aromatic carbocycles. The lowest BCUT2D eigenvalue weighted by molar-refractivity contribution is -0.384. The van der Waals surface area contributed by atoms with E-state index in [9.17, 15) is 10.1 Å². The van der Waals surface area contributed by atoms with Gasteiger partial charge in [-0.25, -0.2) is 0 Å². The lowest BCUT2D eigenvalue weighted by Gasteiger charge is -1.97. The molecule has 0 aliphatic carbocycles. The summed E-state index contributed by atoms with van der Waals surface area (Å²) in [7, 11) is 0. The van der Waals surface area contributed by atoms with E-state index in [1.165, 1.54) is 18.2 Å². The summed E-state index contributed by atoms with van der Waals surface area (Å²) in [5, 5.41) is 23.6. The summed E-state index contributed by atoms with van der Waals surface area (Å²) in [5.41, 5.74) is 0.298. The average molecular weight is 300 g/mol. The average Bonchev–Trinajstić information content (AvgIpc) is 3.20. The van der Waals surface area contributed by atoms with Crippen LogP contribution in [0.5, 0.6) is 0 Å². The Morgan fingerprint density at radius 1 is 1.36 bits per heavy atom. The number of nitrogens with zero attached hydrogens (tertiary/aromatic N) is 4. The maximum absolute atomic E-state index is 10.8. The molecule has 1 saturated heterocycles. The van der Waals surface area contributed by atoms with Crippen molar-refractivity contribution in [2.45, 2.75) is 0 Å². The second kappa shape index (κ2) is 5.53. The predicted octanol–water partition coefficient (Wildman–Crippen LogP) is 1.88. The molecular formula is C13H8N4O5. The molecule has 1 aliphatic heterocycles. The Labute approximate surface area is 123 Å². The van der Waals surface area contributed by atoms with Crippen LogP contribution in [0.25, 0.3) is 17.0 Å². The van der Waals surface area contributed by atoms with Crippen LogP contribution in [0.15, 0.2) is 34.7 Å². The van der Waals surface area contributed by atoms with Crippen molar-refractivity contribution in [2.24, 2.45) is 0 Å². The molecule has 0 atom stereocenters. The van der Waals surface area contributed by atoms with Gasteiger partial charge in [-0.2, -0.15) is 10.2 Å². The number of aromatic nitrogens is 2. The van der Waals surface area contributed by atoms with Crippen LogP contribution in [0.4, 0.5) is 5.69 Å². The minimum Gasteiger partial charge on any atom is -0.461 e. The van der Waals surface area contributed by atoms with E-state index in [-0.39, 0.29) is 28.9 Å². The van der Waals surface area contributed by atoms with Crippen molar-refractivity contribution in [2.75, 3.05) is 13.2 Å². The second-order valence-corrected chi connectivity index (χ2v) is 4.20. The summed E-state index contributed by atoms with van der Waals surface area (Å²) in [6, 6.07) is 7.66. The van der Waals surface area contributed by atoms with Crippen molar-refractivity contribution >= 4 is 11.3 Å². The van der Waals surface area contributed by atoms with E-state index < -0.39 is 4.92 Å². The van der Waals surface area contributed by atoms with Crippen molar-refractivity contribution in [3.05, 3.63) is 46.2 Å². The number of hydrogen-bond donors (Lipinski definition) is 0. The summed E-state index contributed by atoms with van der Waals surface area (Å²) in [5.74, 6) is 0.0997. The lowest BCUT2D eigenvalue weighted by Crippen LogP contribution is -1.91. The first-order chi connectivity index (χ1) is 10.7. The molecule has 2 heterocycles. The molecule has 0 bridgehead atoms. The molecule has 3 rings (SSSR count). The number of rotatable bonds is 3. The molecule has 9 nitrogen and oxygen atoms in total. The highest BCUT2D eigenvalue weighted by Gasteiger charge is 2.23. The highest BCUT2D eigenvalue weighted by Crippen LogP contribution is 2.25. The first kappa shape index (κ1) is 13.6.